The van der Waals surface area contributed by atoms with E-state index in [4.69, 9.17) is 5.73 Å². The molecule has 2 atom stereocenters. The number of amides is 1. The number of anilines is 1. The summed E-state index contributed by atoms with van der Waals surface area (Å²) >= 11 is 0. The summed E-state index contributed by atoms with van der Waals surface area (Å²) in [6, 6.07) is 8.35. The van der Waals surface area contributed by atoms with E-state index in [-0.39, 0.29) is 35.7 Å². The molecule has 1 aliphatic rings. The second kappa shape index (κ2) is 8.18. The zero-order chi connectivity index (χ0) is 18.0. The van der Waals surface area contributed by atoms with Crippen LogP contribution in [0, 0.1) is 5.92 Å². The molecular weight excluding hydrogens is 350 g/mol. The first-order chi connectivity index (χ1) is 11.8. The van der Waals surface area contributed by atoms with E-state index in [9.17, 15) is 4.79 Å². The average molecular weight is 378 g/mol. The predicted molar refractivity (Wildman–Crippen MR) is 106 cm³/mol. The molecule has 0 spiro atoms. The van der Waals surface area contributed by atoms with E-state index in [1.54, 1.807) is 0 Å². The topological polar surface area (TPSA) is 96.7 Å². The maximum absolute atomic E-state index is 12.4. The van der Waals surface area contributed by atoms with Gasteiger partial charge in [-0.2, -0.15) is 4.98 Å². The molecule has 1 saturated carbocycles. The zero-order valence-corrected chi connectivity index (χ0v) is 16.4. The molecule has 7 heteroatoms. The van der Waals surface area contributed by atoms with Crippen molar-refractivity contribution >= 4 is 24.3 Å². The van der Waals surface area contributed by atoms with Gasteiger partial charge in [0.15, 0.2) is 5.82 Å². The molecule has 26 heavy (non-hydrogen) atoms. The van der Waals surface area contributed by atoms with Crippen molar-refractivity contribution in [2.24, 2.45) is 11.7 Å². The molecule has 0 saturated heterocycles. The quantitative estimate of drug-likeness (QED) is 0.760. The maximum Gasteiger partial charge on any atom is 0.249 e. The Bertz CT molecular complexity index is 735. The molecule has 1 amide bonds. The van der Waals surface area contributed by atoms with Crippen molar-refractivity contribution in [3.63, 3.8) is 0 Å². The number of hydrogen-bond donors (Lipinski definition) is 3. The molecule has 1 aromatic heterocycles. The van der Waals surface area contributed by atoms with Crippen LogP contribution < -0.4 is 11.1 Å². The van der Waals surface area contributed by atoms with Gasteiger partial charge in [-0.3, -0.25) is 15.2 Å². The molecule has 1 heterocycles. The number of hydrogen-bond acceptors (Lipinski definition) is 4. The average Bonchev–Trinajstić information content (AvgIpc) is 3.02. The van der Waals surface area contributed by atoms with Gasteiger partial charge in [-0.15, -0.1) is 17.5 Å². The fourth-order valence-electron chi connectivity index (χ4n) is 3.25. The SMILES string of the molecule is CC(C)(C)c1ccc(-c2nc(NC(=O)C3CCCC(N)C3)n[nH]2)cc1.Cl. The summed E-state index contributed by atoms with van der Waals surface area (Å²) in [7, 11) is 0. The van der Waals surface area contributed by atoms with Crippen LogP contribution >= 0.6 is 12.4 Å². The second-order valence-corrected chi connectivity index (χ2v) is 7.95. The number of nitrogens with one attached hydrogen (secondary N) is 2. The molecule has 6 nitrogen and oxygen atoms in total. The molecule has 1 aromatic carbocycles. The third kappa shape index (κ3) is 4.83. The highest BCUT2D eigenvalue weighted by molar-refractivity contribution is 5.91. The Morgan fingerprint density at radius 1 is 1.23 bits per heavy atom. The van der Waals surface area contributed by atoms with E-state index in [0.29, 0.717) is 11.8 Å². The molecule has 0 aliphatic heterocycles. The van der Waals surface area contributed by atoms with E-state index in [1.165, 1.54) is 5.56 Å². The molecule has 142 valence electrons. The smallest absolute Gasteiger partial charge is 0.249 e. The number of benzene rings is 1. The van der Waals surface area contributed by atoms with Crippen LogP contribution in [-0.4, -0.2) is 27.1 Å². The van der Waals surface area contributed by atoms with Gasteiger partial charge in [0.1, 0.15) is 0 Å². The van der Waals surface area contributed by atoms with Crippen LogP contribution in [0.15, 0.2) is 24.3 Å². The Balaban J connectivity index is 0.00000243. The molecule has 4 N–H and O–H groups in total. The van der Waals surface area contributed by atoms with E-state index < -0.39 is 0 Å². The lowest BCUT2D eigenvalue weighted by molar-refractivity contribution is -0.120. The number of nitrogens with zero attached hydrogens (tertiary/aromatic N) is 2. The third-order valence-corrected chi connectivity index (χ3v) is 4.83. The van der Waals surface area contributed by atoms with E-state index in [0.717, 1.165) is 31.2 Å². The first-order valence-electron chi connectivity index (χ1n) is 8.92. The van der Waals surface area contributed by atoms with Gasteiger partial charge >= 0.3 is 0 Å². The minimum atomic E-state index is -0.0447. The number of nitrogens with two attached hydrogens (primary N) is 1. The minimum Gasteiger partial charge on any atom is -0.328 e. The van der Waals surface area contributed by atoms with Crippen LogP contribution in [0.3, 0.4) is 0 Å². The molecule has 1 aliphatic carbocycles. The van der Waals surface area contributed by atoms with Crippen molar-refractivity contribution in [1.82, 2.24) is 15.2 Å². The van der Waals surface area contributed by atoms with Crippen molar-refractivity contribution in [2.75, 3.05) is 5.32 Å². The number of carbonyl (C=O) groups is 1. The third-order valence-electron chi connectivity index (χ3n) is 4.83. The molecule has 0 radical (unpaired) electrons. The predicted octanol–water partition coefficient (Wildman–Crippen LogP) is 3.65. The lowest BCUT2D eigenvalue weighted by Gasteiger charge is -2.25. The second-order valence-electron chi connectivity index (χ2n) is 7.95. The zero-order valence-electron chi connectivity index (χ0n) is 15.6. The molecule has 3 rings (SSSR count). The Hall–Kier alpha value is -1.92. The van der Waals surface area contributed by atoms with E-state index in [2.05, 4.69) is 53.4 Å². The summed E-state index contributed by atoms with van der Waals surface area (Å²) in [5.41, 5.74) is 8.28. The van der Waals surface area contributed by atoms with E-state index >= 15 is 0 Å². The van der Waals surface area contributed by atoms with Gasteiger partial charge in [-0.05, 0) is 30.2 Å². The van der Waals surface area contributed by atoms with Gasteiger partial charge in [0.2, 0.25) is 11.9 Å². The highest BCUT2D eigenvalue weighted by Gasteiger charge is 2.26. The molecule has 2 aromatic rings. The Kier molecular flexibility index (Phi) is 6.42. The van der Waals surface area contributed by atoms with E-state index in [1.807, 2.05) is 12.1 Å². The van der Waals surface area contributed by atoms with Gasteiger partial charge < -0.3 is 5.73 Å². The molecule has 0 bridgehead atoms. The highest BCUT2D eigenvalue weighted by atomic mass is 35.5. The largest absolute Gasteiger partial charge is 0.328 e. The van der Waals surface area contributed by atoms with Crippen molar-refractivity contribution in [1.29, 1.82) is 0 Å². The maximum atomic E-state index is 12.4. The van der Waals surface area contributed by atoms with Crippen LogP contribution in [0.1, 0.15) is 52.0 Å². The Labute approximate surface area is 160 Å². The summed E-state index contributed by atoms with van der Waals surface area (Å²) in [4.78, 5) is 16.7. The van der Waals surface area contributed by atoms with Crippen molar-refractivity contribution < 1.29 is 4.79 Å². The van der Waals surface area contributed by atoms with Crippen LogP contribution in [-0.2, 0) is 10.2 Å². The standard InChI is InChI=1S/C19H27N5O.ClH/c1-19(2,3)14-9-7-12(8-10-14)16-21-18(24-23-16)22-17(25)13-5-4-6-15(20)11-13;/h7-10,13,15H,4-6,11,20H2,1-3H3,(H2,21,22,23,24,25);1H. The van der Waals surface area contributed by atoms with Crippen LogP contribution in [0.2, 0.25) is 0 Å². The highest BCUT2D eigenvalue weighted by Crippen LogP contribution is 2.26. The van der Waals surface area contributed by atoms with Crippen LogP contribution in [0.4, 0.5) is 5.95 Å². The number of H-pyrrole nitrogens is 1. The van der Waals surface area contributed by atoms with Gasteiger partial charge in [0, 0.05) is 17.5 Å². The summed E-state index contributed by atoms with van der Waals surface area (Å²) in [6.45, 7) is 6.55. The fraction of sp³-hybridized carbons (Fsp3) is 0.526. The Morgan fingerprint density at radius 3 is 2.54 bits per heavy atom. The molecular formula is C19H28ClN5O. The van der Waals surface area contributed by atoms with Gasteiger partial charge in [0.05, 0.1) is 0 Å². The van der Waals surface area contributed by atoms with Gasteiger partial charge in [-0.1, -0.05) is 51.5 Å². The summed E-state index contributed by atoms with van der Waals surface area (Å²) in [5.74, 6) is 0.885. The number of halogens is 1. The van der Waals surface area contributed by atoms with Crippen LogP contribution in [0.25, 0.3) is 11.4 Å². The normalized spacial score (nSPS) is 20.3. The van der Waals surface area contributed by atoms with Gasteiger partial charge in [-0.25, -0.2) is 0 Å². The van der Waals surface area contributed by atoms with Crippen molar-refractivity contribution in [3.05, 3.63) is 29.8 Å². The first kappa shape index (κ1) is 20.4. The van der Waals surface area contributed by atoms with Crippen molar-refractivity contribution in [3.8, 4) is 11.4 Å². The number of rotatable bonds is 3. The number of aromatic nitrogens is 3. The number of aromatic amines is 1. The van der Waals surface area contributed by atoms with Crippen molar-refractivity contribution in [2.45, 2.75) is 57.9 Å². The Morgan fingerprint density at radius 2 is 1.92 bits per heavy atom. The number of carbonyl (C=O) groups excluding carboxylic acids is 1. The minimum absolute atomic E-state index is 0. The lowest BCUT2D eigenvalue weighted by atomic mass is 9.85. The fourth-order valence-corrected chi connectivity index (χ4v) is 3.25. The first-order valence-corrected chi connectivity index (χ1v) is 8.92. The summed E-state index contributed by atoms with van der Waals surface area (Å²) in [5, 5.41) is 9.83. The summed E-state index contributed by atoms with van der Waals surface area (Å²) in [6.07, 6.45) is 3.61. The van der Waals surface area contributed by atoms with Gasteiger partial charge in [0.25, 0.3) is 0 Å². The van der Waals surface area contributed by atoms with Crippen LogP contribution in [0.5, 0.6) is 0 Å². The lowest BCUT2D eigenvalue weighted by Crippen LogP contribution is -2.34. The monoisotopic (exact) mass is 377 g/mol. The summed E-state index contributed by atoms with van der Waals surface area (Å²) < 4.78 is 0. The molecule has 1 fully saturated rings. The molecule has 2 unspecified atom stereocenters.